The van der Waals surface area contributed by atoms with Crippen LogP contribution < -0.4 is 0 Å². The van der Waals surface area contributed by atoms with Crippen molar-refractivity contribution < 1.29 is 9.53 Å². The van der Waals surface area contributed by atoms with Gasteiger partial charge in [0.15, 0.2) is 0 Å². The van der Waals surface area contributed by atoms with Crippen LogP contribution in [-0.2, 0) is 11.2 Å². The molecule has 0 fully saturated rings. The van der Waals surface area contributed by atoms with Gasteiger partial charge in [-0.25, -0.2) is 4.79 Å². The average molecular weight is 252 g/mol. The molecule has 96 valence electrons. The number of hydrogen-bond acceptors (Lipinski definition) is 2. The van der Waals surface area contributed by atoms with Crippen molar-refractivity contribution in [3.8, 4) is 11.1 Å². The van der Waals surface area contributed by atoms with Crippen LogP contribution in [0, 0.1) is 0 Å². The first-order valence-electron chi connectivity index (χ1n) is 6.68. The van der Waals surface area contributed by atoms with E-state index in [1.807, 2.05) is 31.2 Å². The first kappa shape index (κ1) is 12.0. The molecule has 0 saturated carbocycles. The molecule has 0 N–H and O–H groups in total. The van der Waals surface area contributed by atoms with Crippen molar-refractivity contribution in [1.82, 2.24) is 0 Å². The lowest BCUT2D eigenvalue weighted by atomic mass is 10.0. The predicted octanol–water partition coefficient (Wildman–Crippen LogP) is 3.82. The highest BCUT2D eigenvalue weighted by molar-refractivity contribution is 5.95. The Labute approximate surface area is 113 Å². The Balaban J connectivity index is 2.01. The van der Waals surface area contributed by atoms with Crippen LogP contribution >= 0.6 is 0 Å². The third-order valence-corrected chi connectivity index (χ3v) is 3.51. The Kier molecular flexibility index (Phi) is 3.08. The van der Waals surface area contributed by atoms with Crippen molar-refractivity contribution in [3.63, 3.8) is 0 Å². The van der Waals surface area contributed by atoms with E-state index in [-0.39, 0.29) is 5.97 Å². The van der Waals surface area contributed by atoms with Crippen molar-refractivity contribution in [2.24, 2.45) is 0 Å². The third kappa shape index (κ3) is 2.03. The van der Waals surface area contributed by atoms with E-state index in [0.717, 1.165) is 18.4 Å². The van der Waals surface area contributed by atoms with Gasteiger partial charge in [0.25, 0.3) is 0 Å². The van der Waals surface area contributed by atoms with Gasteiger partial charge in [-0.2, -0.15) is 0 Å². The molecule has 3 rings (SSSR count). The van der Waals surface area contributed by atoms with E-state index in [0.29, 0.717) is 12.2 Å². The Hall–Kier alpha value is -2.09. The molecule has 0 amide bonds. The second-order valence-electron chi connectivity index (χ2n) is 4.80. The van der Waals surface area contributed by atoms with Crippen molar-refractivity contribution in [2.75, 3.05) is 6.61 Å². The van der Waals surface area contributed by atoms with Crippen LogP contribution in [0.2, 0.25) is 0 Å². The van der Waals surface area contributed by atoms with Crippen molar-refractivity contribution in [2.45, 2.75) is 19.8 Å². The number of esters is 1. The van der Waals surface area contributed by atoms with Crippen LogP contribution in [0.1, 0.15) is 34.8 Å². The summed E-state index contributed by atoms with van der Waals surface area (Å²) in [6.45, 7) is 2.48. The number of benzene rings is 2. The SMILES string of the molecule is CCCOC(=O)c1cccc2c1Cc1ccccc1-2. The molecule has 0 aliphatic heterocycles. The van der Waals surface area contributed by atoms with Gasteiger partial charge in [-0.1, -0.05) is 43.3 Å². The molecule has 0 atom stereocenters. The smallest absolute Gasteiger partial charge is 0.338 e. The monoisotopic (exact) mass is 252 g/mol. The fourth-order valence-electron chi connectivity index (χ4n) is 2.62. The van der Waals surface area contributed by atoms with E-state index < -0.39 is 0 Å². The van der Waals surface area contributed by atoms with Gasteiger partial charge in [0.05, 0.1) is 12.2 Å². The number of ether oxygens (including phenoxy) is 1. The highest BCUT2D eigenvalue weighted by atomic mass is 16.5. The van der Waals surface area contributed by atoms with Crippen LogP contribution in [0.4, 0.5) is 0 Å². The number of carbonyl (C=O) groups excluding carboxylic acids is 1. The van der Waals surface area contributed by atoms with Gasteiger partial charge >= 0.3 is 5.97 Å². The van der Waals surface area contributed by atoms with E-state index in [4.69, 9.17) is 4.74 Å². The summed E-state index contributed by atoms with van der Waals surface area (Å²) in [5.74, 6) is -0.202. The number of hydrogen-bond donors (Lipinski definition) is 0. The summed E-state index contributed by atoms with van der Waals surface area (Å²) < 4.78 is 5.26. The summed E-state index contributed by atoms with van der Waals surface area (Å²) in [6.07, 6.45) is 1.67. The maximum Gasteiger partial charge on any atom is 0.338 e. The zero-order valence-electron chi connectivity index (χ0n) is 11.0. The van der Waals surface area contributed by atoms with Crippen LogP contribution in [0.25, 0.3) is 11.1 Å². The van der Waals surface area contributed by atoms with Crippen LogP contribution in [0.3, 0.4) is 0 Å². The molecule has 0 spiro atoms. The Morgan fingerprint density at radius 2 is 1.89 bits per heavy atom. The molecule has 1 aliphatic rings. The molecule has 19 heavy (non-hydrogen) atoms. The summed E-state index contributed by atoms with van der Waals surface area (Å²) in [7, 11) is 0. The molecule has 0 aromatic heterocycles. The number of fused-ring (bicyclic) bond motifs is 3. The van der Waals surface area contributed by atoms with Crippen LogP contribution in [-0.4, -0.2) is 12.6 Å². The molecule has 0 radical (unpaired) electrons. The van der Waals surface area contributed by atoms with Gasteiger partial charge < -0.3 is 4.74 Å². The Morgan fingerprint density at radius 1 is 1.11 bits per heavy atom. The third-order valence-electron chi connectivity index (χ3n) is 3.51. The molecule has 2 nitrogen and oxygen atoms in total. The van der Waals surface area contributed by atoms with Crippen LogP contribution in [0.15, 0.2) is 42.5 Å². The summed E-state index contributed by atoms with van der Waals surface area (Å²) >= 11 is 0. The highest BCUT2D eigenvalue weighted by Crippen LogP contribution is 2.38. The lowest BCUT2D eigenvalue weighted by Gasteiger charge is -2.08. The minimum atomic E-state index is -0.202. The quantitative estimate of drug-likeness (QED) is 0.662. The van der Waals surface area contributed by atoms with E-state index in [9.17, 15) is 4.79 Å². The van der Waals surface area contributed by atoms with E-state index in [2.05, 4.69) is 18.2 Å². The molecule has 0 bridgehead atoms. The molecule has 0 heterocycles. The molecule has 0 saturated heterocycles. The molecule has 1 aliphatic carbocycles. The largest absolute Gasteiger partial charge is 0.462 e. The lowest BCUT2D eigenvalue weighted by molar-refractivity contribution is 0.0504. The summed E-state index contributed by atoms with van der Waals surface area (Å²) in [6, 6.07) is 14.2. The fourth-order valence-corrected chi connectivity index (χ4v) is 2.62. The van der Waals surface area contributed by atoms with Gasteiger partial charge in [0.2, 0.25) is 0 Å². The standard InChI is InChI=1S/C17H16O2/c1-2-10-19-17(18)15-9-5-8-14-13-7-4-3-6-12(13)11-16(14)15/h3-9H,2,10-11H2,1H3. The van der Waals surface area contributed by atoms with Gasteiger partial charge in [-0.15, -0.1) is 0 Å². The predicted molar refractivity (Wildman–Crippen MR) is 75.3 cm³/mol. The van der Waals surface area contributed by atoms with Gasteiger partial charge in [-0.05, 0) is 41.2 Å². The van der Waals surface area contributed by atoms with Crippen molar-refractivity contribution in [3.05, 3.63) is 59.2 Å². The fraction of sp³-hybridized carbons (Fsp3) is 0.235. The van der Waals surface area contributed by atoms with E-state index in [1.54, 1.807) is 0 Å². The first-order chi connectivity index (χ1) is 9.31. The maximum atomic E-state index is 12.1. The van der Waals surface area contributed by atoms with Crippen molar-refractivity contribution >= 4 is 5.97 Å². The molecule has 2 aromatic carbocycles. The van der Waals surface area contributed by atoms with Gasteiger partial charge in [-0.3, -0.25) is 0 Å². The minimum Gasteiger partial charge on any atom is -0.462 e. The lowest BCUT2D eigenvalue weighted by Crippen LogP contribution is -2.08. The second-order valence-corrected chi connectivity index (χ2v) is 4.80. The zero-order chi connectivity index (χ0) is 13.2. The number of rotatable bonds is 3. The van der Waals surface area contributed by atoms with Gasteiger partial charge in [0.1, 0.15) is 0 Å². The van der Waals surface area contributed by atoms with E-state index in [1.165, 1.54) is 16.7 Å². The number of carbonyl (C=O) groups is 1. The Morgan fingerprint density at radius 3 is 2.74 bits per heavy atom. The summed E-state index contributed by atoms with van der Waals surface area (Å²) in [4.78, 5) is 12.1. The average Bonchev–Trinajstić information content (AvgIpc) is 2.83. The highest BCUT2D eigenvalue weighted by Gasteiger charge is 2.23. The second kappa shape index (κ2) is 4.88. The molecule has 2 heteroatoms. The first-order valence-corrected chi connectivity index (χ1v) is 6.68. The molecule has 0 unspecified atom stereocenters. The summed E-state index contributed by atoms with van der Waals surface area (Å²) in [5, 5.41) is 0. The molecular formula is C17H16O2. The van der Waals surface area contributed by atoms with Gasteiger partial charge in [0, 0.05) is 0 Å². The minimum absolute atomic E-state index is 0.202. The van der Waals surface area contributed by atoms with Crippen molar-refractivity contribution in [1.29, 1.82) is 0 Å². The topological polar surface area (TPSA) is 26.3 Å². The maximum absolute atomic E-state index is 12.1. The molecular weight excluding hydrogens is 236 g/mol. The zero-order valence-corrected chi connectivity index (χ0v) is 11.0. The normalized spacial score (nSPS) is 11.8. The molecule has 2 aromatic rings. The van der Waals surface area contributed by atoms with E-state index >= 15 is 0 Å². The summed E-state index contributed by atoms with van der Waals surface area (Å²) in [5.41, 5.74) is 5.50. The Bertz CT molecular complexity index is 629. The van der Waals surface area contributed by atoms with Crippen LogP contribution in [0.5, 0.6) is 0 Å².